The summed E-state index contributed by atoms with van der Waals surface area (Å²) in [6.45, 7) is 0.435. The zero-order chi connectivity index (χ0) is 19.4. The first-order valence-electron chi connectivity index (χ1n) is 8.49. The van der Waals surface area contributed by atoms with E-state index >= 15 is 0 Å². The standard InChI is InChI=1S/C20H19FN2O4/c1-27-20(26)16-4-2-3-5-17(16)23-12-14(10-18(23)24)19(25)22-11-13-6-8-15(21)9-7-13/h2-9,14H,10-12H2,1H3,(H,22,25). The summed E-state index contributed by atoms with van der Waals surface area (Å²) in [5, 5.41) is 2.77. The number of anilines is 1. The number of nitrogens with zero attached hydrogens (tertiary/aromatic N) is 1. The fourth-order valence-electron chi connectivity index (χ4n) is 3.04. The van der Waals surface area contributed by atoms with Crippen LogP contribution in [0.5, 0.6) is 0 Å². The van der Waals surface area contributed by atoms with Crippen LogP contribution in [-0.4, -0.2) is 31.4 Å². The molecule has 6 nitrogen and oxygen atoms in total. The van der Waals surface area contributed by atoms with Crippen LogP contribution in [0.3, 0.4) is 0 Å². The van der Waals surface area contributed by atoms with Crippen LogP contribution in [0.25, 0.3) is 0 Å². The molecule has 0 aliphatic carbocycles. The van der Waals surface area contributed by atoms with Gasteiger partial charge in [-0.1, -0.05) is 24.3 Å². The van der Waals surface area contributed by atoms with Gasteiger partial charge in [-0.2, -0.15) is 0 Å². The highest BCUT2D eigenvalue weighted by molar-refractivity contribution is 6.05. The molecule has 0 aromatic heterocycles. The molecule has 140 valence electrons. The lowest BCUT2D eigenvalue weighted by molar-refractivity contribution is -0.126. The Morgan fingerprint density at radius 1 is 1.19 bits per heavy atom. The maximum absolute atomic E-state index is 12.9. The molecule has 1 heterocycles. The van der Waals surface area contributed by atoms with Gasteiger partial charge in [-0.15, -0.1) is 0 Å². The average molecular weight is 370 g/mol. The van der Waals surface area contributed by atoms with Crippen LogP contribution in [0.15, 0.2) is 48.5 Å². The summed E-state index contributed by atoms with van der Waals surface area (Å²) >= 11 is 0. The van der Waals surface area contributed by atoms with Crippen LogP contribution in [-0.2, 0) is 20.9 Å². The minimum atomic E-state index is -0.539. The van der Waals surface area contributed by atoms with Crippen molar-refractivity contribution in [2.24, 2.45) is 5.92 Å². The summed E-state index contributed by atoms with van der Waals surface area (Å²) < 4.78 is 17.7. The summed E-state index contributed by atoms with van der Waals surface area (Å²) in [5.74, 6) is -1.89. The van der Waals surface area contributed by atoms with Gasteiger partial charge in [-0.25, -0.2) is 9.18 Å². The third kappa shape index (κ3) is 4.13. The van der Waals surface area contributed by atoms with E-state index < -0.39 is 11.9 Å². The highest BCUT2D eigenvalue weighted by Crippen LogP contribution is 2.28. The predicted octanol–water partition coefficient (Wildman–Crippen LogP) is 2.28. The van der Waals surface area contributed by atoms with Gasteiger partial charge < -0.3 is 15.0 Å². The van der Waals surface area contributed by atoms with Crippen LogP contribution >= 0.6 is 0 Å². The van der Waals surface area contributed by atoms with Crippen molar-refractivity contribution in [3.63, 3.8) is 0 Å². The Morgan fingerprint density at radius 3 is 2.59 bits per heavy atom. The second kappa shape index (κ2) is 7.99. The molecule has 1 fully saturated rings. The fraction of sp³-hybridized carbons (Fsp3) is 0.250. The van der Waals surface area contributed by atoms with Crippen molar-refractivity contribution in [3.05, 3.63) is 65.5 Å². The maximum atomic E-state index is 12.9. The number of hydrogen-bond acceptors (Lipinski definition) is 4. The number of methoxy groups -OCH3 is 1. The van der Waals surface area contributed by atoms with Gasteiger partial charge >= 0.3 is 5.97 Å². The normalized spacial score (nSPS) is 16.3. The van der Waals surface area contributed by atoms with Crippen LogP contribution < -0.4 is 10.2 Å². The predicted molar refractivity (Wildman–Crippen MR) is 96.5 cm³/mol. The smallest absolute Gasteiger partial charge is 0.339 e. The molecule has 2 aromatic carbocycles. The minimum absolute atomic E-state index is 0.0603. The molecule has 1 N–H and O–H groups in total. The minimum Gasteiger partial charge on any atom is -0.465 e. The van der Waals surface area contributed by atoms with Gasteiger partial charge in [0, 0.05) is 19.5 Å². The monoisotopic (exact) mass is 370 g/mol. The second-order valence-electron chi connectivity index (χ2n) is 6.26. The van der Waals surface area contributed by atoms with E-state index in [1.165, 1.54) is 24.1 Å². The summed E-state index contributed by atoms with van der Waals surface area (Å²) in [4.78, 5) is 38.2. The Labute approximate surface area is 155 Å². The molecule has 1 atom stereocenters. The lowest BCUT2D eigenvalue weighted by Crippen LogP contribution is -2.33. The molecule has 0 saturated carbocycles. The van der Waals surface area contributed by atoms with E-state index in [2.05, 4.69) is 5.32 Å². The number of para-hydroxylation sites is 1. The number of amides is 2. The van der Waals surface area contributed by atoms with Crippen LogP contribution in [0, 0.1) is 11.7 Å². The number of rotatable bonds is 5. The molecule has 0 spiro atoms. The number of hydrogen-bond donors (Lipinski definition) is 1. The summed E-state index contributed by atoms with van der Waals surface area (Å²) in [6, 6.07) is 12.5. The van der Waals surface area contributed by atoms with Gasteiger partial charge in [0.15, 0.2) is 0 Å². The molecular weight excluding hydrogens is 351 g/mol. The van der Waals surface area contributed by atoms with E-state index in [0.29, 0.717) is 5.69 Å². The van der Waals surface area contributed by atoms with Crippen molar-refractivity contribution in [2.75, 3.05) is 18.6 Å². The van der Waals surface area contributed by atoms with E-state index in [1.807, 2.05) is 0 Å². The van der Waals surface area contributed by atoms with Crippen molar-refractivity contribution in [3.8, 4) is 0 Å². The highest BCUT2D eigenvalue weighted by Gasteiger charge is 2.36. The van der Waals surface area contributed by atoms with Crippen LogP contribution in [0.1, 0.15) is 22.3 Å². The number of carbonyl (C=O) groups is 3. The van der Waals surface area contributed by atoms with Gasteiger partial charge in [-0.3, -0.25) is 9.59 Å². The van der Waals surface area contributed by atoms with Gasteiger partial charge in [0.2, 0.25) is 11.8 Å². The van der Waals surface area contributed by atoms with Gasteiger partial charge in [0.05, 0.1) is 24.3 Å². The Hall–Kier alpha value is -3.22. The lowest BCUT2D eigenvalue weighted by atomic mass is 10.1. The fourth-order valence-corrected chi connectivity index (χ4v) is 3.04. The molecule has 27 heavy (non-hydrogen) atoms. The van der Waals surface area contributed by atoms with Crippen LogP contribution in [0.2, 0.25) is 0 Å². The molecule has 0 bridgehead atoms. The summed E-state index contributed by atoms with van der Waals surface area (Å²) in [6.07, 6.45) is 0.0603. The first-order valence-corrected chi connectivity index (χ1v) is 8.49. The number of esters is 1. The first kappa shape index (κ1) is 18.6. The SMILES string of the molecule is COC(=O)c1ccccc1N1CC(C(=O)NCc2ccc(F)cc2)CC1=O. The van der Waals surface area contributed by atoms with Gasteiger partial charge in [0.1, 0.15) is 5.82 Å². The van der Waals surface area contributed by atoms with Crippen molar-refractivity contribution in [2.45, 2.75) is 13.0 Å². The molecule has 1 saturated heterocycles. The van der Waals surface area contributed by atoms with Crippen molar-refractivity contribution in [1.82, 2.24) is 5.32 Å². The third-order valence-corrected chi connectivity index (χ3v) is 4.48. The Balaban J connectivity index is 1.67. The number of carbonyl (C=O) groups excluding carboxylic acids is 3. The Morgan fingerprint density at radius 2 is 1.89 bits per heavy atom. The topological polar surface area (TPSA) is 75.7 Å². The third-order valence-electron chi connectivity index (χ3n) is 4.48. The molecule has 1 unspecified atom stereocenters. The number of nitrogens with one attached hydrogen (secondary N) is 1. The zero-order valence-electron chi connectivity index (χ0n) is 14.8. The summed E-state index contributed by atoms with van der Waals surface area (Å²) in [5.41, 5.74) is 1.48. The van der Waals surface area contributed by atoms with E-state index in [0.717, 1.165) is 5.56 Å². The Bertz CT molecular complexity index is 867. The van der Waals surface area contributed by atoms with Crippen molar-refractivity contribution >= 4 is 23.5 Å². The summed E-state index contributed by atoms with van der Waals surface area (Å²) in [7, 11) is 1.27. The van der Waals surface area contributed by atoms with Gasteiger partial charge in [-0.05, 0) is 29.8 Å². The molecular formula is C20H19FN2O4. The van der Waals surface area contributed by atoms with E-state index in [4.69, 9.17) is 4.74 Å². The van der Waals surface area contributed by atoms with E-state index in [9.17, 15) is 18.8 Å². The lowest BCUT2D eigenvalue weighted by Gasteiger charge is -2.19. The molecule has 7 heteroatoms. The molecule has 1 aliphatic heterocycles. The van der Waals surface area contributed by atoms with Gasteiger partial charge in [0.25, 0.3) is 0 Å². The van der Waals surface area contributed by atoms with Crippen molar-refractivity contribution < 1.29 is 23.5 Å². The quantitative estimate of drug-likeness (QED) is 0.820. The van der Waals surface area contributed by atoms with E-state index in [-0.39, 0.29) is 42.7 Å². The molecule has 2 amide bonds. The highest BCUT2D eigenvalue weighted by atomic mass is 19.1. The Kier molecular flexibility index (Phi) is 5.49. The molecule has 3 rings (SSSR count). The van der Waals surface area contributed by atoms with Crippen LogP contribution in [0.4, 0.5) is 10.1 Å². The maximum Gasteiger partial charge on any atom is 0.339 e. The van der Waals surface area contributed by atoms with Crippen molar-refractivity contribution in [1.29, 1.82) is 0 Å². The zero-order valence-corrected chi connectivity index (χ0v) is 14.8. The number of benzene rings is 2. The molecule has 1 aliphatic rings. The number of ether oxygens (including phenoxy) is 1. The second-order valence-corrected chi connectivity index (χ2v) is 6.26. The first-order chi connectivity index (χ1) is 13.0. The molecule has 0 radical (unpaired) electrons. The van der Waals surface area contributed by atoms with E-state index in [1.54, 1.807) is 36.4 Å². The average Bonchev–Trinajstić information content (AvgIpc) is 3.08. The largest absolute Gasteiger partial charge is 0.465 e. The molecule has 2 aromatic rings. The number of halogens is 1.